The topological polar surface area (TPSA) is 38.8 Å². The fourth-order valence-corrected chi connectivity index (χ4v) is 2.51. The molecule has 1 rings (SSSR count). The van der Waals surface area contributed by atoms with Gasteiger partial charge in [-0.3, -0.25) is 0 Å². The average Bonchev–Trinajstić information content (AvgIpc) is 2.57. The van der Waals surface area contributed by atoms with Crippen molar-refractivity contribution in [3.05, 3.63) is 47.4 Å². The molecule has 4 nitrogen and oxygen atoms in total. The lowest BCUT2D eigenvalue weighted by Crippen LogP contribution is -2.44. The molecule has 0 aromatic heterocycles. The van der Waals surface area contributed by atoms with Gasteiger partial charge >= 0.3 is 13.5 Å². The molecule has 0 bridgehead atoms. The van der Waals surface area contributed by atoms with Gasteiger partial charge in [0, 0.05) is 16.6 Å². The van der Waals surface area contributed by atoms with Gasteiger partial charge < -0.3 is 14.3 Å². The summed E-state index contributed by atoms with van der Waals surface area (Å²) in [5.41, 5.74) is 2.86. The van der Waals surface area contributed by atoms with Crippen molar-refractivity contribution < 1.29 is 14.2 Å². The molecule has 6 heteroatoms. The lowest BCUT2D eigenvalue weighted by atomic mass is 9.80. The predicted molar refractivity (Wildman–Crippen MR) is 116 cm³/mol. The molecule has 0 saturated carbocycles. The van der Waals surface area contributed by atoms with Crippen LogP contribution < -0.4 is 0 Å². The first kappa shape index (κ1) is 23.6. The number of hydrogen-bond donors (Lipinski definition) is 1. The zero-order valence-electron chi connectivity index (χ0n) is 17.8. The van der Waals surface area contributed by atoms with Crippen LogP contribution >= 0.6 is 12.6 Å². The molecule has 0 fully saturated rings. The van der Waals surface area contributed by atoms with Gasteiger partial charge in [0.15, 0.2) is 0 Å². The fraction of sp³-hybridized carbons (Fsp3) is 0.571. The van der Waals surface area contributed by atoms with Crippen molar-refractivity contribution in [2.75, 3.05) is 6.61 Å². The van der Waals surface area contributed by atoms with Gasteiger partial charge in [0.1, 0.15) is 0 Å². The van der Waals surface area contributed by atoms with E-state index in [4.69, 9.17) is 9.39 Å². The standard InChI is InChI=1S/C21H33BNO3S/c1-9-12-16(19(24)25-11-3)18-14-13-17(15(4)23(18)10-2)22-26-20(5,6)21(7,8)27/h10,13-14,27H,2,9,11-12H2,1,3-8H3/b18-16+. The molecule has 0 amide bonds. The Bertz CT molecular complexity index is 657. The number of ether oxygens (including phenoxy) is 1. The second-order valence-corrected chi connectivity index (χ2v) is 8.68. The molecule has 1 aliphatic heterocycles. The van der Waals surface area contributed by atoms with E-state index in [2.05, 4.69) is 19.2 Å². The Morgan fingerprint density at radius 2 is 1.93 bits per heavy atom. The van der Waals surface area contributed by atoms with Crippen molar-refractivity contribution in [2.24, 2.45) is 0 Å². The van der Waals surface area contributed by atoms with E-state index in [1.807, 2.05) is 65.5 Å². The van der Waals surface area contributed by atoms with Crippen LogP contribution in [0, 0.1) is 0 Å². The molecule has 0 aromatic carbocycles. The molecule has 1 radical (unpaired) electrons. The quantitative estimate of drug-likeness (QED) is 0.261. The monoisotopic (exact) mass is 390 g/mol. The summed E-state index contributed by atoms with van der Waals surface area (Å²) in [5.74, 6) is -0.278. The van der Waals surface area contributed by atoms with Gasteiger partial charge in [-0.2, -0.15) is 12.6 Å². The summed E-state index contributed by atoms with van der Waals surface area (Å²) in [7, 11) is 1.75. The zero-order chi connectivity index (χ0) is 20.8. The number of carbonyl (C=O) groups is 1. The summed E-state index contributed by atoms with van der Waals surface area (Å²) in [6.07, 6.45) is 7.09. The third-order valence-electron chi connectivity index (χ3n) is 4.93. The molecule has 0 spiro atoms. The van der Waals surface area contributed by atoms with Crippen molar-refractivity contribution in [1.29, 1.82) is 0 Å². The van der Waals surface area contributed by atoms with Crippen LogP contribution in [-0.2, 0) is 14.2 Å². The molecule has 149 valence electrons. The minimum absolute atomic E-state index is 0.278. The van der Waals surface area contributed by atoms with Crippen molar-refractivity contribution in [3.63, 3.8) is 0 Å². The van der Waals surface area contributed by atoms with Gasteiger partial charge in [0.25, 0.3) is 0 Å². The molecule has 0 aliphatic carbocycles. The second-order valence-electron chi connectivity index (χ2n) is 7.57. The van der Waals surface area contributed by atoms with E-state index in [1.54, 1.807) is 13.7 Å². The van der Waals surface area contributed by atoms with E-state index in [-0.39, 0.29) is 10.7 Å². The SMILES string of the molecule is C=CN1C(C)=C([B]OC(C)(C)C(C)(C)S)C=C/C1=C(/CCC)C(=O)OCC. The normalized spacial score (nSPS) is 17.1. The maximum absolute atomic E-state index is 12.4. The fourth-order valence-electron chi connectivity index (χ4n) is 2.45. The van der Waals surface area contributed by atoms with Crippen LogP contribution in [0.15, 0.2) is 47.4 Å². The highest BCUT2D eigenvalue weighted by molar-refractivity contribution is 7.81. The van der Waals surface area contributed by atoms with Crippen LogP contribution in [0.5, 0.6) is 0 Å². The molecular weight excluding hydrogens is 357 g/mol. The third kappa shape index (κ3) is 5.79. The van der Waals surface area contributed by atoms with Crippen LogP contribution in [-0.4, -0.2) is 35.3 Å². The molecule has 0 aromatic rings. The first-order valence-corrected chi connectivity index (χ1v) is 9.89. The number of thiol groups is 1. The Labute approximate surface area is 171 Å². The Morgan fingerprint density at radius 1 is 1.30 bits per heavy atom. The summed E-state index contributed by atoms with van der Waals surface area (Å²) < 4.78 is 11.0. The van der Waals surface area contributed by atoms with E-state index in [0.717, 1.165) is 23.3 Å². The minimum Gasteiger partial charge on any atom is -0.463 e. The molecule has 0 saturated heterocycles. The lowest BCUT2D eigenvalue weighted by Gasteiger charge is -2.39. The van der Waals surface area contributed by atoms with Crippen LogP contribution in [0.4, 0.5) is 0 Å². The summed E-state index contributed by atoms with van der Waals surface area (Å²) in [6.45, 7) is 18.2. The van der Waals surface area contributed by atoms with E-state index in [1.165, 1.54) is 0 Å². The highest BCUT2D eigenvalue weighted by Gasteiger charge is 2.35. The molecule has 0 atom stereocenters. The van der Waals surface area contributed by atoms with E-state index in [0.29, 0.717) is 18.6 Å². The van der Waals surface area contributed by atoms with Crippen LogP contribution in [0.1, 0.15) is 61.3 Å². The van der Waals surface area contributed by atoms with Gasteiger partial charge in [-0.15, -0.1) is 0 Å². The molecule has 27 heavy (non-hydrogen) atoms. The first-order valence-electron chi connectivity index (χ1n) is 9.44. The molecular formula is C21H33BNO3S. The van der Waals surface area contributed by atoms with Gasteiger partial charge in [-0.1, -0.05) is 26.0 Å². The number of nitrogens with zero attached hydrogens (tertiary/aromatic N) is 1. The van der Waals surface area contributed by atoms with E-state index in [9.17, 15) is 4.79 Å². The van der Waals surface area contributed by atoms with Crippen LogP contribution in [0.25, 0.3) is 0 Å². The average molecular weight is 390 g/mol. The van der Waals surface area contributed by atoms with Crippen LogP contribution in [0.3, 0.4) is 0 Å². The molecule has 0 unspecified atom stereocenters. The van der Waals surface area contributed by atoms with E-state index < -0.39 is 5.60 Å². The van der Waals surface area contributed by atoms with Crippen LogP contribution in [0.2, 0.25) is 0 Å². The molecule has 1 aliphatic rings. The summed E-state index contributed by atoms with van der Waals surface area (Å²) >= 11 is 4.63. The smallest absolute Gasteiger partial charge is 0.336 e. The number of allylic oxidation sites excluding steroid dienone is 4. The lowest BCUT2D eigenvalue weighted by molar-refractivity contribution is -0.138. The number of carbonyl (C=O) groups excluding carboxylic acids is 1. The maximum atomic E-state index is 12.4. The molecule has 1 heterocycles. The highest BCUT2D eigenvalue weighted by atomic mass is 32.1. The van der Waals surface area contributed by atoms with Crippen molar-refractivity contribution in [3.8, 4) is 0 Å². The second kappa shape index (κ2) is 9.69. The first-order chi connectivity index (χ1) is 12.5. The summed E-state index contributed by atoms with van der Waals surface area (Å²) in [4.78, 5) is 14.3. The van der Waals surface area contributed by atoms with Gasteiger partial charge in [0.2, 0.25) is 0 Å². The predicted octanol–water partition coefficient (Wildman–Crippen LogP) is 4.97. The van der Waals surface area contributed by atoms with Crippen molar-refractivity contribution >= 4 is 26.1 Å². The Hall–Kier alpha value is -1.40. The third-order valence-corrected chi connectivity index (χ3v) is 5.47. The van der Waals surface area contributed by atoms with Gasteiger partial charge in [0.05, 0.1) is 23.5 Å². The maximum Gasteiger partial charge on any atom is 0.336 e. The Kier molecular flexibility index (Phi) is 8.49. The molecule has 0 N–H and O–H groups in total. The summed E-state index contributed by atoms with van der Waals surface area (Å²) in [6, 6.07) is 0. The van der Waals surface area contributed by atoms with E-state index >= 15 is 0 Å². The highest BCUT2D eigenvalue weighted by Crippen LogP contribution is 2.33. The number of rotatable bonds is 9. The number of hydrogen-bond acceptors (Lipinski definition) is 5. The largest absolute Gasteiger partial charge is 0.463 e. The van der Waals surface area contributed by atoms with Crippen molar-refractivity contribution in [2.45, 2.75) is 71.7 Å². The number of esters is 1. The van der Waals surface area contributed by atoms with Gasteiger partial charge in [-0.05, 0) is 59.5 Å². The minimum atomic E-state index is -0.454. The summed E-state index contributed by atoms with van der Waals surface area (Å²) in [5, 5.41) is 0. The Morgan fingerprint density at radius 3 is 2.41 bits per heavy atom. The zero-order valence-corrected chi connectivity index (χ0v) is 18.7. The van der Waals surface area contributed by atoms with Gasteiger partial charge in [-0.25, -0.2) is 4.79 Å². The Balaban J connectivity index is 3.18. The van der Waals surface area contributed by atoms with Crippen molar-refractivity contribution in [1.82, 2.24) is 4.90 Å².